The molecule has 1 fully saturated rings. The molecule has 1 aliphatic heterocycles. The Labute approximate surface area is 153 Å². The van der Waals surface area contributed by atoms with Gasteiger partial charge in [-0.2, -0.15) is 0 Å². The van der Waals surface area contributed by atoms with Crippen molar-refractivity contribution in [2.45, 2.75) is 32.4 Å². The summed E-state index contributed by atoms with van der Waals surface area (Å²) in [6, 6.07) is 3.75. The molecule has 2 atom stereocenters. The summed E-state index contributed by atoms with van der Waals surface area (Å²) in [5, 5.41) is 3.06. The van der Waals surface area contributed by atoms with Gasteiger partial charge in [-0.15, -0.1) is 0 Å². The minimum Gasteiger partial charge on any atom is -0.384 e. The highest BCUT2D eigenvalue weighted by Gasteiger charge is 2.33. The van der Waals surface area contributed by atoms with E-state index >= 15 is 0 Å². The van der Waals surface area contributed by atoms with Crippen LogP contribution in [0.15, 0.2) is 18.5 Å². The molecule has 3 heterocycles. The van der Waals surface area contributed by atoms with Gasteiger partial charge in [0.15, 0.2) is 0 Å². The molecule has 2 aromatic rings. The molecule has 140 valence electrons. The van der Waals surface area contributed by atoms with Crippen molar-refractivity contribution < 1.29 is 9.53 Å². The van der Waals surface area contributed by atoms with E-state index in [1.54, 1.807) is 13.2 Å². The molecule has 1 aliphatic rings. The molecule has 0 radical (unpaired) electrons. The number of aryl methyl sites for hydroxylation is 1. The van der Waals surface area contributed by atoms with E-state index < -0.39 is 0 Å². The highest BCUT2D eigenvalue weighted by atomic mass is 16.5. The third kappa shape index (κ3) is 3.50. The Kier molecular flexibility index (Phi) is 5.13. The van der Waals surface area contributed by atoms with Crippen LogP contribution < -0.4 is 16.0 Å². The Morgan fingerprint density at radius 3 is 2.77 bits per heavy atom. The maximum Gasteiger partial charge on any atom is 0.253 e. The second-order valence-electron chi connectivity index (χ2n) is 6.75. The van der Waals surface area contributed by atoms with Crippen LogP contribution in [-0.2, 0) is 11.8 Å². The number of nitrogen functional groups attached to an aromatic ring is 1. The van der Waals surface area contributed by atoms with Crippen molar-refractivity contribution in [3.8, 4) is 0 Å². The van der Waals surface area contributed by atoms with Crippen LogP contribution >= 0.6 is 0 Å². The van der Waals surface area contributed by atoms with E-state index in [9.17, 15) is 4.79 Å². The summed E-state index contributed by atoms with van der Waals surface area (Å²) in [4.78, 5) is 23.0. The van der Waals surface area contributed by atoms with Crippen molar-refractivity contribution in [1.29, 1.82) is 0 Å². The number of aromatic nitrogens is 3. The summed E-state index contributed by atoms with van der Waals surface area (Å²) in [6.45, 7) is 5.16. The number of methoxy groups -OCH3 is 1. The predicted octanol–water partition coefficient (Wildman–Crippen LogP) is 1.04. The molecular formula is C18H26N6O2. The number of hydrogen-bond acceptors (Lipinski definition) is 6. The van der Waals surface area contributed by atoms with Gasteiger partial charge in [0.1, 0.15) is 18.0 Å². The maximum absolute atomic E-state index is 12.6. The molecule has 0 saturated carbocycles. The number of carbonyl (C=O) groups is 1. The summed E-state index contributed by atoms with van der Waals surface area (Å²) < 4.78 is 7.54. The van der Waals surface area contributed by atoms with Gasteiger partial charge in [-0.3, -0.25) is 4.79 Å². The first-order valence-electron chi connectivity index (χ1n) is 8.68. The number of amides is 1. The lowest BCUT2D eigenvalue weighted by atomic mass is 10.1. The summed E-state index contributed by atoms with van der Waals surface area (Å²) >= 11 is 0. The fraction of sp³-hybridized carbons (Fsp3) is 0.500. The summed E-state index contributed by atoms with van der Waals surface area (Å²) in [7, 11) is 3.66. The standard InChI is InChI=1S/C18H26N6O2/c1-11-5-15(12(2)23(11)3)18(25)20-8-13-6-14(26-4)9-24(13)17-7-16(19)21-10-22-17/h5,7,10,13-14H,6,8-9H2,1-4H3,(H,20,25)(H2,19,21,22)/t13-,14-/m1/s1. The molecule has 0 aliphatic carbocycles. The molecule has 0 spiro atoms. The molecule has 0 unspecified atom stereocenters. The first-order chi connectivity index (χ1) is 12.4. The Morgan fingerprint density at radius 1 is 1.38 bits per heavy atom. The molecule has 3 rings (SSSR count). The van der Waals surface area contributed by atoms with E-state index in [4.69, 9.17) is 10.5 Å². The van der Waals surface area contributed by atoms with Crippen molar-refractivity contribution in [3.05, 3.63) is 35.4 Å². The van der Waals surface area contributed by atoms with Crippen LogP contribution in [0.25, 0.3) is 0 Å². The molecule has 1 saturated heterocycles. The molecule has 2 aromatic heterocycles. The van der Waals surface area contributed by atoms with Gasteiger partial charge < -0.3 is 25.3 Å². The van der Waals surface area contributed by atoms with Crippen molar-refractivity contribution in [2.24, 2.45) is 7.05 Å². The Balaban J connectivity index is 1.72. The quantitative estimate of drug-likeness (QED) is 0.829. The van der Waals surface area contributed by atoms with Gasteiger partial charge in [-0.05, 0) is 26.3 Å². The third-order valence-electron chi connectivity index (χ3n) is 5.20. The first kappa shape index (κ1) is 18.2. The van der Waals surface area contributed by atoms with Crippen LogP contribution in [0.3, 0.4) is 0 Å². The fourth-order valence-electron chi connectivity index (χ4n) is 3.43. The molecule has 1 amide bonds. The SMILES string of the molecule is CO[C@@H]1C[C@H](CNC(=O)c2cc(C)n(C)c2C)N(c2cc(N)ncn2)C1. The number of nitrogens with zero attached hydrogens (tertiary/aromatic N) is 4. The zero-order valence-corrected chi connectivity index (χ0v) is 15.7. The van der Waals surface area contributed by atoms with E-state index in [0.717, 1.165) is 23.6 Å². The van der Waals surface area contributed by atoms with Crippen LogP contribution in [0.5, 0.6) is 0 Å². The largest absolute Gasteiger partial charge is 0.384 e. The molecular weight excluding hydrogens is 332 g/mol. The Hall–Kier alpha value is -2.61. The molecule has 8 heteroatoms. The van der Waals surface area contributed by atoms with Gasteiger partial charge in [0.25, 0.3) is 5.91 Å². The van der Waals surface area contributed by atoms with Gasteiger partial charge in [0.05, 0.1) is 17.7 Å². The van der Waals surface area contributed by atoms with Crippen LogP contribution in [-0.4, -0.2) is 52.8 Å². The fourth-order valence-corrected chi connectivity index (χ4v) is 3.43. The van der Waals surface area contributed by atoms with Crippen LogP contribution in [0, 0.1) is 13.8 Å². The maximum atomic E-state index is 12.6. The Morgan fingerprint density at radius 2 is 2.15 bits per heavy atom. The minimum absolute atomic E-state index is 0.0609. The minimum atomic E-state index is -0.0609. The van der Waals surface area contributed by atoms with Gasteiger partial charge in [-0.25, -0.2) is 9.97 Å². The lowest BCUT2D eigenvalue weighted by molar-refractivity contribution is 0.0945. The van der Waals surface area contributed by atoms with E-state index in [1.165, 1.54) is 6.33 Å². The van der Waals surface area contributed by atoms with Gasteiger partial charge in [0, 0.05) is 44.7 Å². The lowest BCUT2D eigenvalue weighted by Gasteiger charge is -2.25. The molecule has 8 nitrogen and oxygen atoms in total. The van der Waals surface area contributed by atoms with Crippen molar-refractivity contribution >= 4 is 17.5 Å². The normalized spacial score (nSPS) is 19.8. The average Bonchev–Trinajstić information content (AvgIpc) is 3.16. The molecule has 0 aromatic carbocycles. The smallest absolute Gasteiger partial charge is 0.253 e. The lowest BCUT2D eigenvalue weighted by Crippen LogP contribution is -2.40. The number of rotatable bonds is 5. The van der Waals surface area contributed by atoms with Gasteiger partial charge >= 0.3 is 0 Å². The van der Waals surface area contributed by atoms with E-state index in [0.29, 0.717) is 24.5 Å². The van der Waals surface area contributed by atoms with E-state index in [-0.39, 0.29) is 18.1 Å². The first-order valence-corrected chi connectivity index (χ1v) is 8.68. The zero-order chi connectivity index (χ0) is 18.8. The number of hydrogen-bond donors (Lipinski definition) is 2. The van der Waals surface area contributed by atoms with Crippen molar-refractivity contribution in [1.82, 2.24) is 19.9 Å². The van der Waals surface area contributed by atoms with E-state index in [1.807, 2.05) is 31.5 Å². The second-order valence-corrected chi connectivity index (χ2v) is 6.75. The topological polar surface area (TPSA) is 98.3 Å². The number of anilines is 2. The molecule has 3 N–H and O–H groups in total. The van der Waals surface area contributed by atoms with Gasteiger partial charge in [-0.1, -0.05) is 0 Å². The second kappa shape index (κ2) is 7.33. The molecule has 26 heavy (non-hydrogen) atoms. The number of nitrogens with two attached hydrogens (primary N) is 1. The van der Waals surface area contributed by atoms with E-state index in [2.05, 4.69) is 20.2 Å². The van der Waals surface area contributed by atoms with Crippen LogP contribution in [0.4, 0.5) is 11.6 Å². The summed E-state index contributed by atoms with van der Waals surface area (Å²) in [5.41, 5.74) is 8.52. The third-order valence-corrected chi connectivity index (χ3v) is 5.20. The summed E-state index contributed by atoms with van der Waals surface area (Å²) in [5.74, 6) is 1.12. The highest BCUT2D eigenvalue weighted by Crippen LogP contribution is 2.26. The number of carbonyl (C=O) groups excluding carboxylic acids is 1. The zero-order valence-electron chi connectivity index (χ0n) is 15.7. The van der Waals surface area contributed by atoms with Gasteiger partial charge in [0.2, 0.25) is 0 Å². The average molecular weight is 358 g/mol. The molecule has 0 bridgehead atoms. The van der Waals surface area contributed by atoms with Crippen LogP contribution in [0.1, 0.15) is 28.2 Å². The highest BCUT2D eigenvalue weighted by molar-refractivity contribution is 5.95. The number of ether oxygens (including phenoxy) is 1. The predicted molar refractivity (Wildman–Crippen MR) is 100 cm³/mol. The number of nitrogens with one attached hydrogen (secondary N) is 1. The van der Waals surface area contributed by atoms with Crippen molar-refractivity contribution in [2.75, 3.05) is 30.8 Å². The van der Waals surface area contributed by atoms with Crippen LogP contribution in [0.2, 0.25) is 0 Å². The Bertz CT molecular complexity index is 803. The monoisotopic (exact) mass is 358 g/mol. The van der Waals surface area contributed by atoms with Crippen molar-refractivity contribution in [3.63, 3.8) is 0 Å². The summed E-state index contributed by atoms with van der Waals surface area (Å²) in [6.07, 6.45) is 2.36.